The van der Waals surface area contributed by atoms with Crippen LogP contribution in [0, 0.1) is 5.92 Å². The normalized spacial score (nSPS) is 25.5. The van der Waals surface area contributed by atoms with Gasteiger partial charge in [-0.25, -0.2) is 0 Å². The molecule has 0 saturated carbocycles. The molecule has 19 heavy (non-hydrogen) atoms. The van der Waals surface area contributed by atoms with Crippen molar-refractivity contribution in [3.8, 4) is 0 Å². The number of rotatable bonds is 3. The summed E-state index contributed by atoms with van der Waals surface area (Å²) in [7, 11) is 0. The molecule has 0 radical (unpaired) electrons. The highest BCUT2D eigenvalue weighted by Gasteiger charge is 2.34. The highest BCUT2D eigenvalue weighted by molar-refractivity contribution is 5.28. The third kappa shape index (κ3) is 3.09. The first-order valence-corrected chi connectivity index (χ1v) is 6.47. The fourth-order valence-electron chi connectivity index (χ4n) is 2.67. The van der Waals surface area contributed by atoms with Crippen LogP contribution >= 0.6 is 0 Å². The van der Waals surface area contributed by atoms with E-state index < -0.39 is 17.8 Å². The largest absolute Gasteiger partial charge is 0.416 e. The van der Waals surface area contributed by atoms with E-state index >= 15 is 0 Å². The molecule has 0 aromatic heterocycles. The molecule has 106 valence electrons. The lowest BCUT2D eigenvalue weighted by Gasteiger charge is -2.24. The molecule has 2 N–H and O–H groups in total. The number of ether oxygens (including phenoxy) is 1. The van der Waals surface area contributed by atoms with Crippen LogP contribution in [0.25, 0.3) is 0 Å². The number of nitrogens with two attached hydrogens (primary N) is 1. The maximum Gasteiger partial charge on any atom is 0.416 e. The van der Waals surface area contributed by atoms with E-state index in [1.807, 2.05) is 6.92 Å². The summed E-state index contributed by atoms with van der Waals surface area (Å²) in [5.74, 6) is 0.0912. The molecule has 5 heteroatoms. The van der Waals surface area contributed by atoms with Crippen LogP contribution in [-0.4, -0.2) is 12.7 Å². The molecule has 2 rings (SSSR count). The smallest absolute Gasteiger partial charge is 0.378 e. The molecule has 0 amide bonds. The molecule has 1 aromatic carbocycles. The lowest BCUT2D eigenvalue weighted by molar-refractivity contribution is -0.137. The zero-order valence-corrected chi connectivity index (χ0v) is 10.8. The van der Waals surface area contributed by atoms with Crippen LogP contribution in [0.2, 0.25) is 0 Å². The van der Waals surface area contributed by atoms with Gasteiger partial charge in [-0.3, -0.25) is 0 Å². The van der Waals surface area contributed by atoms with Crippen molar-refractivity contribution in [1.82, 2.24) is 0 Å². The third-order valence-electron chi connectivity index (χ3n) is 3.72. The molecule has 3 unspecified atom stereocenters. The first kappa shape index (κ1) is 14.3. The number of halogens is 3. The summed E-state index contributed by atoms with van der Waals surface area (Å²) >= 11 is 0. The summed E-state index contributed by atoms with van der Waals surface area (Å²) in [5, 5.41) is 0. The van der Waals surface area contributed by atoms with Crippen LogP contribution in [-0.2, 0) is 10.9 Å². The molecule has 1 fully saturated rings. The molecule has 2 nitrogen and oxygen atoms in total. The Morgan fingerprint density at radius 2 is 2.16 bits per heavy atom. The van der Waals surface area contributed by atoms with E-state index in [9.17, 15) is 13.2 Å². The molecular weight excluding hydrogens is 255 g/mol. The van der Waals surface area contributed by atoms with Gasteiger partial charge in [-0.15, -0.1) is 0 Å². The van der Waals surface area contributed by atoms with Crippen LogP contribution < -0.4 is 5.73 Å². The first-order valence-electron chi connectivity index (χ1n) is 6.47. The first-order chi connectivity index (χ1) is 8.93. The van der Waals surface area contributed by atoms with Crippen molar-refractivity contribution >= 4 is 0 Å². The molecule has 1 saturated heterocycles. The van der Waals surface area contributed by atoms with Gasteiger partial charge in [-0.2, -0.15) is 13.2 Å². The Morgan fingerprint density at radius 3 is 2.79 bits per heavy atom. The molecule has 0 aliphatic carbocycles. The Kier molecular flexibility index (Phi) is 4.16. The molecule has 0 bridgehead atoms. The predicted molar refractivity (Wildman–Crippen MR) is 66.5 cm³/mol. The minimum atomic E-state index is -4.33. The monoisotopic (exact) mass is 273 g/mol. The van der Waals surface area contributed by atoms with Crippen molar-refractivity contribution in [1.29, 1.82) is 0 Å². The standard InChI is InChI=1S/C14H18F3NO/c1-2-12-11(6-7-19-12)13(18)9-4-3-5-10(8-9)14(15,16)17/h3-5,8,11-13H,2,6-7,18H2,1H3. The predicted octanol–water partition coefficient (Wildman–Crippen LogP) is 3.52. The molecule has 3 atom stereocenters. The minimum absolute atomic E-state index is 0.0459. The second-order valence-electron chi connectivity index (χ2n) is 4.92. The SMILES string of the molecule is CCC1OCCC1C(N)c1cccc(C(F)(F)F)c1. The van der Waals surface area contributed by atoms with Crippen molar-refractivity contribution in [3.05, 3.63) is 35.4 Å². The number of hydrogen-bond donors (Lipinski definition) is 1. The van der Waals surface area contributed by atoms with Gasteiger partial charge < -0.3 is 10.5 Å². The lowest BCUT2D eigenvalue weighted by Crippen LogP contribution is -2.28. The van der Waals surface area contributed by atoms with Crippen LogP contribution in [0.3, 0.4) is 0 Å². The van der Waals surface area contributed by atoms with Gasteiger partial charge in [0.15, 0.2) is 0 Å². The topological polar surface area (TPSA) is 35.2 Å². The third-order valence-corrected chi connectivity index (χ3v) is 3.72. The minimum Gasteiger partial charge on any atom is -0.378 e. The second-order valence-corrected chi connectivity index (χ2v) is 4.92. The van der Waals surface area contributed by atoms with Gasteiger partial charge in [0.05, 0.1) is 11.7 Å². The fraction of sp³-hybridized carbons (Fsp3) is 0.571. The van der Waals surface area contributed by atoms with E-state index in [-0.39, 0.29) is 12.0 Å². The van der Waals surface area contributed by atoms with E-state index in [0.717, 1.165) is 25.0 Å². The van der Waals surface area contributed by atoms with Crippen molar-refractivity contribution < 1.29 is 17.9 Å². The number of benzene rings is 1. The summed E-state index contributed by atoms with van der Waals surface area (Å²) in [6.45, 7) is 2.64. The quantitative estimate of drug-likeness (QED) is 0.914. The van der Waals surface area contributed by atoms with Gasteiger partial charge in [0, 0.05) is 18.6 Å². The molecule has 0 spiro atoms. The van der Waals surface area contributed by atoms with Crippen LogP contribution in [0.5, 0.6) is 0 Å². The second kappa shape index (κ2) is 5.51. The Balaban J connectivity index is 2.22. The van der Waals surface area contributed by atoms with E-state index in [2.05, 4.69) is 0 Å². The summed E-state index contributed by atoms with van der Waals surface area (Å²) in [5.41, 5.74) is 6.02. The summed E-state index contributed by atoms with van der Waals surface area (Å²) < 4.78 is 43.6. The highest BCUT2D eigenvalue weighted by Crippen LogP contribution is 2.36. The Bertz CT molecular complexity index is 433. The van der Waals surface area contributed by atoms with Crippen LogP contribution in [0.15, 0.2) is 24.3 Å². The fourth-order valence-corrected chi connectivity index (χ4v) is 2.67. The molecule has 1 aliphatic rings. The van der Waals surface area contributed by atoms with Gasteiger partial charge in [-0.05, 0) is 30.5 Å². The van der Waals surface area contributed by atoms with E-state index in [0.29, 0.717) is 12.2 Å². The van der Waals surface area contributed by atoms with Gasteiger partial charge in [0.25, 0.3) is 0 Å². The molecule has 1 aliphatic heterocycles. The van der Waals surface area contributed by atoms with Crippen molar-refractivity contribution in [2.24, 2.45) is 11.7 Å². The van der Waals surface area contributed by atoms with Gasteiger partial charge in [-0.1, -0.05) is 19.1 Å². The summed E-state index contributed by atoms with van der Waals surface area (Å²) in [4.78, 5) is 0. The molecule has 1 aromatic rings. The molecular formula is C14H18F3NO. The number of hydrogen-bond acceptors (Lipinski definition) is 2. The van der Waals surface area contributed by atoms with E-state index in [4.69, 9.17) is 10.5 Å². The Labute approximate surface area is 110 Å². The number of alkyl halides is 3. The van der Waals surface area contributed by atoms with Gasteiger partial charge >= 0.3 is 6.18 Å². The maximum absolute atomic E-state index is 12.7. The summed E-state index contributed by atoms with van der Waals surface area (Å²) in [6.07, 6.45) is -2.65. The van der Waals surface area contributed by atoms with Gasteiger partial charge in [0.2, 0.25) is 0 Å². The van der Waals surface area contributed by atoms with Crippen molar-refractivity contribution in [3.63, 3.8) is 0 Å². The maximum atomic E-state index is 12.7. The van der Waals surface area contributed by atoms with Crippen molar-refractivity contribution in [2.75, 3.05) is 6.61 Å². The average molecular weight is 273 g/mol. The summed E-state index contributed by atoms with van der Waals surface area (Å²) in [6, 6.07) is 4.88. The van der Waals surface area contributed by atoms with Crippen molar-refractivity contribution in [2.45, 2.75) is 38.1 Å². The van der Waals surface area contributed by atoms with Crippen LogP contribution in [0.1, 0.15) is 36.9 Å². The Morgan fingerprint density at radius 1 is 1.42 bits per heavy atom. The lowest BCUT2D eigenvalue weighted by atomic mass is 9.87. The average Bonchev–Trinajstić information content (AvgIpc) is 2.85. The Hall–Kier alpha value is -1.07. The van der Waals surface area contributed by atoms with E-state index in [1.165, 1.54) is 6.07 Å². The zero-order chi connectivity index (χ0) is 14.0. The van der Waals surface area contributed by atoms with Gasteiger partial charge in [0.1, 0.15) is 0 Å². The zero-order valence-electron chi connectivity index (χ0n) is 10.8. The van der Waals surface area contributed by atoms with Crippen LogP contribution in [0.4, 0.5) is 13.2 Å². The molecule has 1 heterocycles. The highest BCUT2D eigenvalue weighted by atomic mass is 19.4. The van der Waals surface area contributed by atoms with E-state index in [1.54, 1.807) is 6.07 Å².